The first-order valence-electron chi connectivity index (χ1n) is 7.30. The third-order valence-electron chi connectivity index (χ3n) is 3.06. The maximum Gasteiger partial charge on any atom is 0.224 e. The van der Waals surface area contributed by atoms with Crippen molar-refractivity contribution in [1.29, 1.82) is 0 Å². The van der Waals surface area contributed by atoms with Crippen molar-refractivity contribution in [2.45, 2.75) is 13.3 Å². The lowest BCUT2D eigenvalue weighted by Crippen LogP contribution is -2.17. The monoisotopic (exact) mass is 363 g/mol. The maximum absolute atomic E-state index is 4.52. The van der Waals surface area contributed by atoms with E-state index in [9.17, 15) is 0 Å². The van der Waals surface area contributed by atoms with Gasteiger partial charge >= 0.3 is 0 Å². The van der Waals surface area contributed by atoms with Gasteiger partial charge in [-0.05, 0) is 62.0 Å². The first-order chi connectivity index (χ1) is 10.5. The Morgan fingerprint density at radius 3 is 2.68 bits per heavy atom. The van der Waals surface area contributed by atoms with Crippen molar-refractivity contribution in [3.8, 4) is 0 Å². The van der Waals surface area contributed by atoms with Gasteiger partial charge in [-0.25, -0.2) is 4.98 Å². The lowest BCUT2D eigenvalue weighted by Gasteiger charge is -2.12. The molecule has 2 N–H and O–H groups in total. The molecular weight excluding hydrogens is 342 g/mol. The molecule has 118 valence electrons. The molecule has 1 aromatic carbocycles. The summed E-state index contributed by atoms with van der Waals surface area (Å²) in [6, 6.07) is 9.91. The number of aromatic nitrogens is 2. The van der Waals surface area contributed by atoms with Crippen LogP contribution in [0.1, 0.15) is 12.1 Å². The molecule has 0 unspecified atom stereocenters. The van der Waals surface area contributed by atoms with E-state index < -0.39 is 0 Å². The third kappa shape index (κ3) is 5.27. The molecule has 0 radical (unpaired) electrons. The van der Waals surface area contributed by atoms with Crippen molar-refractivity contribution in [1.82, 2.24) is 14.9 Å². The van der Waals surface area contributed by atoms with Crippen molar-refractivity contribution < 1.29 is 0 Å². The second kappa shape index (κ2) is 8.10. The van der Waals surface area contributed by atoms with E-state index >= 15 is 0 Å². The minimum atomic E-state index is 0.660. The molecule has 5 nitrogen and oxygen atoms in total. The SMILES string of the molecule is Cc1cc(Nc2ccccc2Br)nc(NCCCN(C)C)n1. The highest BCUT2D eigenvalue weighted by Gasteiger charge is 2.04. The molecule has 1 heterocycles. The molecule has 0 aliphatic carbocycles. The summed E-state index contributed by atoms with van der Waals surface area (Å²) in [6.07, 6.45) is 1.05. The lowest BCUT2D eigenvalue weighted by atomic mass is 10.3. The lowest BCUT2D eigenvalue weighted by molar-refractivity contribution is 0.405. The van der Waals surface area contributed by atoms with Gasteiger partial charge in [-0.3, -0.25) is 0 Å². The van der Waals surface area contributed by atoms with E-state index in [1.165, 1.54) is 0 Å². The van der Waals surface area contributed by atoms with Gasteiger partial charge in [0.1, 0.15) is 5.82 Å². The van der Waals surface area contributed by atoms with Crippen LogP contribution in [0.15, 0.2) is 34.8 Å². The molecule has 0 amide bonds. The van der Waals surface area contributed by atoms with Crippen LogP contribution in [0.3, 0.4) is 0 Å². The normalized spacial score (nSPS) is 10.8. The smallest absolute Gasteiger partial charge is 0.224 e. The van der Waals surface area contributed by atoms with E-state index in [0.717, 1.165) is 41.2 Å². The summed E-state index contributed by atoms with van der Waals surface area (Å²) in [5.74, 6) is 1.45. The van der Waals surface area contributed by atoms with Crippen LogP contribution >= 0.6 is 15.9 Å². The molecule has 0 fully saturated rings. The zero-order valence-electron chi connectivity index (χ0n) is 13.2. The van der Waals surface area contributed by atoms with Gasteiger partial charge in [-0.15, -0.1) is 0 Å². The molecule has 22 heavy (non-hydrogen) atoms. The van der Waals surface area contributed by atoms with Crippen LogP contribution in [-0.2, 0) is 0 Å². The van der Waals surface area contributed by atoms with Gasteiger partial charge in [0, 0.05) is 22.8 Å². The van der Waals surface area contributed by atoms with Crippen LogP contribution in [0.2, 0.25) is 0 Å². The van der Waals surface area contributed by atoms with Gasteiger partial charge in [0.15, 0.2) is 0 Å². The highest BCUT2D eigenvalue weighted by molar-refractivity contribution is 9.10. The molecule has 2 rings (SSSR count). The van der Waals surface area contributed by atoms with E-state index in [1.54, 1.807) is 0 Å². The van der Waals surface area contributed by atoms with E-state index in [2.05, 4.69) is 55.5 Å². The van der Waals surface area contributed by atoms with Crippen LogP contribution in [-0.4, -0.2) is 42.1 Å². The second-order valence-corrected chi connectivity index (χ2v) is 6.26. The summed E-state index contributed by atoms with van der Waals surface area (Å²) in [6.45, 7) is 3.87. The standard InChI is InChI=1S/C16H22BrN5/c1-12-11-15(20-14-8-5-4-7-13(14)17)21-16(19-12)18-9-6-10-22(2)3/h4-5,7-8,11H,6,9-10H2,1-3H3,(H2,18,19,20,21). The second-order valence-electron chi connectivity index (χ2n) is 5.41. The van der Waals surface area contributed by atoms with E-state index in [0.29, 0.717) is 5.95 Å². The largest absolute Gasteiger partial charge is 0.354 e. The molecule has 0 aliphatic heterocycles. The van der Waals surface area contributed by atoms with Gasteiger partial charge in [0.25, 0.3) is 0 Å². The molecule has 1 aromatic heterocycles. The van der Waals surface area contributed by atoms with Crippen LogP contribution in [0.5, 0.6) is 0 Å². The number of nitrogens with one attached hydrogen (secondary N) is 2. The van der Waals surface area contributed by atoms with E-state index in [-0.39, 0.29) is 0 Å². The molecule has 2 aromatic rings. The van der Waals surface area contributed by atoms with Gasteiger partial charge in [0.05, 0.1) is 5.69 Å². The van der Waals surface area contributed by atoms with E-state index in [4.69, 9.17) is 0 Å². The molecule has 0 bridgehead atoms. The Morgan fingerprint density at radius 1 is 1.18 bits per heavy atom. The molecular formula is C16H22BrN5. The summed E-state index contributed by atoms with van der Waals surface area (Å²) in [5, 5.41) is 6.60. The Kier molecular flexibility index (Phi) is 6.15. The summed E-state index contributed by atoms with van der Waals surface area (Å²) < 4.78 is 1.01. The van der Waals surface area contributed by atoms with Gasteiger partial charge in [-0.2, -0.15) is 4.98 Å². The van der Waals surface area contributed by atoms with Gasteiger partial charge < -0.3 is 15.5 Å². The summed E-state index contributed by atoms with van der Waals surface area (Å²) in [7, 11) is 4.14. The molecule has 0 atom stereocenters. The van der Waals surface area contributed by atoms with Gasteiger partial charge in [0.2, 0.25) is 5.95 Å². The van der Waals surface area contributed by atoms with Crippen molar-refractivity contribution in [3.05, 3.63) is 40.5 Å². The summed E-state index contributed by atoms with van der Waals surface area (Å²) in [4.78, 5) is 11.1. The number of nitrogens with zero attached hydrogens (tertiary/aromatic N) is 3. The Morgan fingerprint density at radius 2 is 1.95 bits per heavy atom. The number of benzene rings is 1. The minimum Gasteiger partial charge on any atom is -0.354 e. The van der Waals surface area contributed by atoms with Crippen molar-refractivity contribution in [2.75, 3.05) is 37.8 Å². The molecule has 6 heteroatoms. The van der Waals surface area contributed by atoms with Crippen molar-refractivity contribution in [2.24, 2.45) is 0 Å². The highest BCUT2D eigenvalue weighted by Crippen LogP contribution is 2.25. The first-order valence-corrected chi connectivity index (χ1v) is 8.10. The fourth-order valence-electron chi connectivity index (χ4n) is 2.01. The van der Waals surface area contributed by atoms with Crippen molar-refractivity contribution >= 4 is 33.4 Å². The van der Waals surface area contributed by atoms with Crippen LogP contribution in [0.4, 0.5) is 17.5 Å². The maximum atomic E-state index is 4.52. The van der Waals surface area contributed by atoms with Crippen LogP contribution in [0, 0.1) is 6.92 Å². The highest BCUT2D eigenvalue weighted by atomic mass is 79.9. The number of hydrogen-bond donors (Lipinski definition) is 2. The summed E-state index contributed by atoms with van der Waals surface area (Å²) >= 11 is 3.53. The predicted molar refractivity (Wildman–Crippen MR) is 95.9 cm³/mol. The Balaban J connectivity index is 2.02. The van der Waals surface area contributed by atoms with Gasteiger partial charge in [-0.1, -0.05) is 12.1 Å². The number of rotatable bonds is 7. The Labute approximate surface area is 140 Å². The number of halogens is 1. The predicted octanol–water partition coefficient (Wildman–Crippen LogP) is 3.65. The number of anilines is 3. The quantitative estimate of drug-likeness (QED) is 0.735. The molecule has 0 saturated heterocycles. The number of hydrogen-bond acceptors (Lipinski definition) is 5. The fourth-order valence-corrected chi connectivity index (χ4v) is 2.39. The minimum absolute atomic E-state index is 0.660. The zero-order chi connectivity index (χ0) is 15.9. The fraction of sp³-hybridized carbons (Fsp3) is 0.375. The Hall–Kier alpha value is -1.66. The molecule has 0 saturated carbocycles. The Bertz CT molecular complexity index is 615. The average Bonchev–Trinajstić information content (AvgIpc) is 2.45. The van der Waals surface area contributed by atoms with Crippen LogP contribution < -0.4 is 10.6 Å². The molecule has 0 spiro atoms. The van der Waals surface area contributed by atoms with Crippen molar-refractivity contribution in [3.63, 3.8) is 0 Å². The van der Waals surface area contributed by atoms with E-state index in [1.807, 2.05) is 37.3 Å². The first kappa shape index (κ1) is 16.7. The topological polar surface area (TPSA) is 53.1 Å². The third-order valence-corrected chi connectivity index (χ3v) is 3.75. The number of aryl methyl sites for hydroxylation is 1. The van der Waals surface area contributed by atoms with Crippen LogP contribution in [0.25, 0.3) is 0 Å². The average molecular weight is 364 g/mol. The zero-order valence-corrected chi connectivity index (χ0v) is 14.8. The summed E-state index contributed by atoms with van der Waals surface area (Å²) in [5.41, 5.74) is 1.92. The number of para-hydroxylation sites is 1. The molecule has 0 aliphatic rings.